The Hall–Kier alpha value is -3.26. The summed E-state index contributed by atoms with van der Waals surface area (Å²) in [6.07, 6.45) is 3.91. The highest BCUT2D eigenvalue weighted by Crippen LogP contribution is 2.53. The molecule has 2 aliphatic rings. The topological polar surface area (TPSA) is 113 Å². The van der Waals surface area contributed by atoms with Crippen LogP contribution in [0.3, 0.4) is 0 Å². The molecular formula is C30H38FN3O4. The summed E-state index contributed by atoms with van der Waals surface area (Å²) in [6.45, 7) is 4.16. The van der Waals surface area contributed by atoms with E-state index in [9.17, 15) is 23.9 Å². The van der Waals surface area contributed by atoms with Gasteiger partial charge in [-0.05, 0) is 92.5 Å². The molecule has 2 aromatic rings. The summed E-state index contributed by atoms with van der Waals surface area (Å²) in [6, 6.07) is 14.0. The number of piperidine rings is 1. The Labute approximate surface area is 223 Å². The Morgan fingerprint density at radius 1 is 1.16 bits per heavy atom. The number of amides is 2. The van der Waals surface area contributed by atoms with Crippen LogP contribution in [0.5, 0.6) is 0 Å². The maximum Gasteiger partial charge on any atom is 0.303 e. The van der Waals surface area contributed by atoms with Crippen molar-refractivity contribution in [1.29, 1.82) is 0 Å². The largest absolute Gasteiger partial charge is 0.481 e. The van der Waals surface area contributed by atoms with Crippen molar-refractivity contribution in [3.63, 3.8) is 0 Å². The number of aryl methyl sites for hydroxylation is 1. The monoisotopic (exact) mass is 523 g/mol. The van der Waals surface area contributed by atoms with Gasteiger partial charge in [0.15, 0.2) is 0 Å². The number of hydrogen-bond donors (Lipinski definition) is 3. The average molecular weight is 524 g/mol. The number of nitrogens with two attached hydrogens (primary N) is 1. The third-order valence-corrected chi connectivity index (χ3v) is 8.11. The Morgan fingerprint density at radius 2 is 1.84 bits per heavy atom. The highest BCUT2D eigenvalue weighted by atomic mass is 19.1. The van der Waals surface area contributed by atoms with Gasteiger partial charge in [-0.1, -0.05) is 36.4 Å². The molecule has 204 valence electrons. The number of carboxylic acids is 1. The number of hydrogen-bond acceptors (Lipinski definition) is 4. The third-order valence-electron chi connectivity index (χ3n) is 8.11. The molecule has 7 nitrogen and oxygen atoms in total. The molecule has 1 saturated heterocycles. The fourth-order valence-electron chi connectivity index (χ4n) is 6.03. The molecule has 2 aromatic carbocycles. The summed E-state index contributed by atoms with van der Waals surface area (Å²) in [5.74, 6) is -1.87. The average Bonchev–Trinajstić information content (AvgIpc) is 3.14. The fraction of sp³-hybridized carbons (Fsp3) is 0.500. The van der Waals surface area contributed by atoms with Crippen molar-refractivity contribution in [2.45, 2.75) is 81.7 Å². The highest BCUT2D eigenvalue weighted by Gasteiger charge is 2.47. The summed E-state index contributed by atoms with van der Waals surface area (Å²) in [7, 11) is 0. The van der Waals surface area contributed by atoms with Crippen LogP contribution < -0.4 is 11.1 Å². The van der Waals surface area contributed by atoms with Crippen molar-refractivity contribution >= 4 is 17.8 Å². The number of rotatable bonds is 9. The van der Waals surface area contributed by atoms with E-state index in [0.29, 0.717) is 38.8 Å². The van der Waals surface area contributed by atoms with Gasteiger partial charge in [0.1, 0.15) is 11.9 Å². The van der Waals surface area contributed by atoms with Crippen LogP contribution in [0.2, 0.25) is 0 Å². The highest BCUT2D eigenvalue weighted by molar-refractivity contribution is 5.91. The number of carboxylic acid groups (broad SMARTS) is 1. The van der Waals surface area contributed by atoms with E-state index in [1.54, 1.807) is 30.9 Å². The van der Waals surface area contributed by atoms with E-state index in [0.717, 1.165) is 24.0 Å². The van der Waals surface area contributed by atoms with Crippen molar-refractivity contribution in [3.05, 3.63) is 71.0 Å². The number of benzene rings is 2. The first-order chi connectivity index (χ1) is 18.0. The number of nitrogens with zero attached hydrogens (tertiary/aromatic N) is 1. The summed E-state index contributed by atoms with van der Waals surface area (Å²) in [5.41, 5.74) is 7.50. The maximum absolute atomic E-state index is 14.2. The van der Waals surface area contributed by atoms with Crippen LogP contribution in [-0.4, -0.2) is 52.5 Å². The molecule has 1 fully saturated rings. The van der Waals surface area contributed by atoms with Crippen LogP contribution in [0.1, 0.15) is 75.0 Å². The SMILES string of the molecule is CC(C)(N)C(=O)N[C@H](CCCc1ccccc1)C(=O)N1CCC2(CC1)CC(CC(=O)O)c1ccc(F)cc12. The summed E-state index contributed by atoms with van der Waals surface area (Å²) in [4.78, 5) is 39.6. The van der Waals surface area contributed by atoms with Gasteiger partial charge in [-0.2, -0.15) is 0 Å². The maximum atomic E-state index is 14.2. The molecule has 0 radical (unpaired) electrons. The lowest BCUT2D eigenvalue weighted by Gasteiger charge is -2.41. The minimum atomic E-state index is -1.11. The number of aliphatic carboxylic acids is 1. The fourth-order valence-corrected chi connectivity index (χ4v) is 6.03. The van der Waals surface area contributed by atoms with Crippen LogP contribution in [0, 0.1) is 5.82 Å². The van der Waals surface area contributed by atoms with E-state index in [1.165, 1.54) is 11.6 Å². The molecule has 1 aliphatic carbocycles. The zero-order chi connectivity index (χ0) is 27.5. The molecule has 38 heavy (non-hydrogen) atoms. The lowest BCUT2D eigenvalue weighted by molar-refractivity contribution is -0.139. The Morgan fingerprint density at radius 3 is 2.47 bits per heavy atom. The van der Waals surface area contributed by atoms with E-state index in [4.69, 9.17) is 5.73 Å². The molecule has 1 aliphatic heterocycles. The summed E-state index contributed by atoms with van der Waals surface area (Å²) < 4.78 is 14.2. The van der Waals surface area contributed by atoms with Gasteiger partial charge in [-0.3, -0.25) is 14.4 Å². The van der Waals surface area contributed by atoms with E-state index in [2.05, 4.69) is 5.32 Å². The number of carbonyl (C=O) groups excluding carboxylic acids is 2. The van der Waals surface area contributed by atoms with E-state index >= 15 is 0 Å². The van der Waals surface area contributed by atoms with Gasteiger partial charge >= 0.3 is 5.97 Å². The summed E-state index contributed by atoms with van der Waals surface area (Å²) in [5, 5.41) is 12.3. The van der Waals surface area contributed by atoms with E-state index < -0.39 is 17.6 Å². The van der Waals surface area contributed by atoms with Crippen LogP contribution in [0.15, 0.2) is 48.5 Å². The smallest absolute Gasteiger partial charge is 0.303 e. The first-order valence-corrected chi connectivity index (χ1v) is 13.4. The lowest BCUT2D eigenvalue weighted by Crippen LogP contribution is -2.57. The summed E-state index contributed by atoms with van der Waals surface area (Å²) >= 11 is 0. The molecule has 4 rings (SSSR count). The van der Waals surface area contributed by atoms with Gasteiger partial charge < -0.3 is 21.1 Å². The zero-order valence-corrected chi connectivity index (χ0v) is 22.2. The van der Waals surface area contributed by atoms with Crippen molar-refractivity contribution in [2.75, 3.05) is 13.1 Å². The third kappa shape index (κ3) is 6.23. The zero-order valence-electron chi connectivity index (χ0n) is 22.2. The molecular weight excluding hydrogens is 485 g/mol. The van der Waals surface area contributed by atoms with Gasteiger partial charge in [0.05, 0.1) is 12.0 Å². The van der Waals surface area contributed by atoms with Gasteiger partial charge in [0.25, 0.3) is 0 Å². The van der Waals surface area contributed by atoms with Crippen LogP contribution in [-0.2, 0) is 26.2 Å². The molecule has 8 heteroatoms. The van der Waals surface area contributed by atoms with Crippen molar-refractivity contribution in [3.8, 4) is 0 Å². The van der Waals surface area contributed by atoms with Crippen molar-refractivity contribution in [2.24, 2.45) is 5.73 Å². The molecule has 2 amide bonds. The molecule has 1 heterocycles. The number of carbonyl (C=O) groups is 3. The standard InChI is InChI=1S/C30H38FN3O4/c1-29(2,32)28(38)33-25(10-6-9-20-7-4-3-5-8-20)27(37)34-15-13-30(14-16-34)19-21(17-26(35)36)23-12-11-22(31)18-24(23)30/h3-5,7-8,11-12,18,21,25H,6,9-10,13-17,19,32H2,1-2H3,(H,33,38)(H,35,36)/t21?,25-/m1/s1. The molecule has 1 spiro atoms. The number of halogens is 1. The van der Waals surface area contributed by atoms with Gasteiger partial charge in [0, 0.05) is 13.1 Å². The second-order valence-corrected chi connectivity index (χ2v) is 11.5. The van der Waals surface area contributed by atoms with Gasteiger partial charge in [0.2, 0.25) is 11.8 Å². The molecule has 0 aromatic heterocycles. The molecule has 0 bridgehead atoms. The minimum absolute atomic E-state index is 0.00736. The normalized spacial score (nSPS) is 19.2. The first-order valence-electron chi connectivity index (χ1n) is 13.4. The minimum Gasteiger partial charge on any atom is -0.481 e. The van der Waals surface area contributed by atoms with E-state index in [-0.39, 0.29) is 35.4 Å². The van der Waals surface area contributed by atoms with Crippen molar-refractivity contribution in [1.82, 2.24) is 10.2 Å². The second-order valence-electron chi connectivity index (χ2n) is 11.5. The molecule has 1 unspecified atom stereocenters. The van der Waals surface area contributed by atoms with Crippen molar-refractivity contribution < 1.29 is 23.9 Å². The van der Waals surface area contributed by atoms with Crippen LogP contribution in [0.4, 0.5) is 4.39 Å². The second kappa shape index (κ2) is 11.2. The van der Waals surface area contributed by atoms with E-state index in [1.807, 2.05) is 30.3 Å². The Balaban J connectivity index is 1.46. The quantitative estimate of drug-likeness (QED) is 0.462. The Kier molecular flexibility index (Phi) is 8.21. The Bertz CT molecular complexity index is 1170. The molecule has 2 atom stereocenters. The van der Waals surface area contributed by atoms with Crippen LogP contribution >= 0.6 is 0 Å². The van der Waals surface area contributed by atoms with Gasteiger partial charge in [-0.15, -0.1) is 0 Å². The number of nitrogens with one attached hydrogen (secondary N) is 1. The van der Waals surface area contributed by atoms with Gasteiger partial charge in [-0.25, -0.2) is 4.39 Å². The lowest BCUT2D eigenvalue weighted by atomic mass is 9.73. The molecule has 4 N–H and O–H groups in total. The number of fused-ring (bicyclic) bond motifs is 2. The molecule has 0 saturated carbocycles. The number of likely N-dealkylation sites (tertiary alicyclic amines) is 1. The predicted octanol–water partition coefficient (Wildman–Crippen LogP) is 3.89. The first kappa shape index (κ1) is 27.8. The predicted molar refractivity (Wildman–Crippen MR) is 143 cm³/mol. The van der Waals surface area contributed by atoms with Crippen LogP contribution in [0.25, 0.3) is 0 Å².